The molecule has 1 fully saturated rings. The van der Waals surface area contributed by atoms with Crippen LogP contribution in [0, 0.1) is 11.8 Å². The molecule has 0 aromatic heterocycles. The maximum Gasteiger partial charge on any atom is 0.144 e. The summed E-state index contributed by atoms with van der Waals surface area (Å²) in [7, 11) is 0. The van der Waals surface area contributed by atoms with E-state index in [0.717, 1.165) is 12.8 Å². The second-order valence-corrected chi connectivity index (χ2v) is 4.75. The molecule has 0 heterocycles. The number of carbonyl (C=O) groups is 2. The monoisotopic (exact) mass is 208 g/mol. The fourth-order valence-electron chi connectivity index (χ4n) is 2.17. The van der Waals surface area contributed by atoms with Crippen LogP contribution in [0.1, 0.15) is 46.5 Å². The molecular formula is C13H20O2. The fraction of sp³-hybridized carbons (Fsp3) is 0.692. The quantitative estimate of drug-likeness (QED) is 0.526. The van der Waals surface area contributed by atoms with E-state index in [-0.39, 0.29) is 23.4 Å². The average molecular weight is 208 g/mol. The highest BCUT2D eigenvalue weighted by atomic mass is 16.2. The van der Waals surface area contributed by atoms with Gasteiger partial charge >= 0.3 is 0 Å². The van der Waals surface area contributed by atoms with Crippen molar-refractivity contribution >= 4 is 11.6 Å². The number of ketones is 2. The van der Waals surface area contributed by atoms with Crippen molar-refractivity contribution in [2.75, 3.05) is 0 Å². The summed E-state index contributed by atoms with van der Waals surface area (Å²) in [5.74, 6) is 0.230. The van der Waals surface area contributed by atoms with Gasteiger partial charge in [0.1, 0.15) is 11.6 Å². The zero-order valence-electron chi connectivity index (χ0n) is 9.88. The molecule has 0 bridgehead atoms. The van der Waals surface area contributed by atoms with Crippen LogP contribution in [0.5, 0.6) is 0 Å². The maximum absolute atomic E-state index is 11.5. The van der Waals surface area contributed by atoms with Crippen molar-refractivity contribution in [3.8, 4) is 0 Å². The highest BCUT2D eigenvalue weighted by Gasteiger charge is 2.36. The Labute approximate surface area is 91.7 Å². The largest absolute Gasteiger partial charge is 0.299 e. The first-order valence-corrected chi connectivity index (χ1v) is 5.71. The van der Waals surface area contributed by atoms with E-state index in [4.69, 9.17) is 0 Å². The predicted molar refractivity (Wildman–Crippen MR) is 60.6 cm³/mol. The molecule has 2 heteroatoms. The summed E-state index contributed by atoms with van der Waals surface area (Å²) >= 11 is 0. The van der Waals surface area contributed by atoms with E-state index >= 15 is 0 Å². The van der Waals surface area contributed by atoms with Crippen LogP contribution in [0.3, 0.4) is 0 Å². The summed E-state index contributed by atoms with van der Waals surface area (Å²) in [4.78, 5) is 23.0. The van der Waals surface area contributed by atoms with Crippen molar-refractivity contribution in [2.45, 2.75) is 46.5 Å². The van der Waals surface area contributed by atoms with Gasteiger partial charge in [0.25, 0.3) is 0 Å². The van der Waals surface area contributed by atoms with Crippen molar-refractivity contribution in [2.24, 2.45) is 11.8 Å². The van der Waals surface area contributed by atoms with E-state index in [2.05, 4.69) is 19.9 Å². The Hall–Kier alpha value is -0.920. The van der Waals surface area contributed by atoms with Gasteiger partial charge in [0, 0.05) is 12.8 Å². The molecule has 0 amide bonds. The van der Waals surface area contributed by atoms with E-state index in [1.807, 2.05) is 6.92 Å². The fourth-order valence-corrected chi connectivity index (χ4v) is 2.17. The lowest BCUT2D eigenvalue weighted by atomic mass is 9.87. The van der Waals surface area contributed by atoms with Crippen LogP contribution < -0.4 is 0 Å². The molecule has 1 unspecified atom stereocenters. The Morgan fingerprint density at radius 2 is 1.87 bits per heavy atom. The molecule has 0 aliphatic heterocycles. The number of hydrogen-bond acceptors (Lipinski definition) is 2. The molecule has 84 valence electrons. The van der Waals surface area contributed by atoms with Crippen LogP contribution >= 0.6 is 0 Å². The minimum Gasteiger partial charge on any atom is -0.299 e. The molecule has 0 N–H and O–H groups in total. The Bertz CT molecular complexity index is 269. The number of carbonyl (C=O) groups excluding carboxylic acids is 2. The van der Waals surface area contributed by atoms with Crippen LogP contribution in [-0.4, -0.2) is 11.6 Å². The van der Waals surface area contributed by atoms with Crippen LogP contribution in [0.15, 0.2) is 11.6 Å². The molecular weight excluding hydrogens is 188 g/mol. The van der Waals surface area contributed by atoms with Crippen molar-refractivity contribution in [3.05, 3.63) is 11.6 Å². The van der Waals surface area contributed by atoms with Crippen molar-refractivity contribution in [3.63, 3.8) is 0 Å². The Morgan fingerprint density at radius 1 is 1.33 bits per heavy atom. The first kappa shape index (κ1) is 12.2. The summed E-state index contributed by atoms with van der Waals surface area (Å²) in [5, 5.41) is 0. The Balaban J connectivity index is 2.46. The molecule has 1 rings (SSSR count). The van der Waals surface area contributed by atoms with Gasteiger partial charge < -0.3 is 0 Å². The molecule has 0 saturated heterocycles. The Kier molecular flexibility index (Phi) is 4.25. The van der Waals surface area contributed by atoms with Gasteiger partial charge in [-0.3, -0.25) is 9.59 Å². The number of allylic oxidation sites excluding steroid dienone is 2. The molecule has 15 heavy (non-hydrogen) atoms. The average Bonchev–Trinajstić information content (AvgIpc) is 2.45. The highest BCUT2D eigenvalue weighted by Crippen LogP contribution is 2.28. The van der Waals surface area contributed by atoms with E-state index < -0.39 is 0 Å². The first-order chi connectivity index (χ1) is 7.02. The summed E-state index contributed by atoms with van der Waals surface area (Å²) in [6.07, 6.45) is 5.02. The van der Waals surface area contributed by atoms with Crippen molar-refractivity contribution in [1.82, 2.24) is 0 Å². The third kappa shape index (κ3) is 3.29. The van der Waals surface area contributed by atoms with Crippen LogP contribution in [0.4, 0.5) is 0 Å². The SMILES string of the molecule is CC(C)=CCCC(C)C1C(=O)CCC1=O. The number of hydrogen-bond donors (Lipinski definition) is 0. The van der Waals surface area contributed by atoms with Gasteiger partial charge in [-0.1, -0.05) is 18.6 Å². The molecule has 1 saturated carbocycles. The minimum atomic E-state index is -0.296. The van der Waals surface area contributed by atoms with Gasteiger partial charge in [-0.2, -0.15) is 0 Å². The molecule has 0 aromatic rings. The van der Waals surface area contributed by atoms with Crippen molar-refractivity contribution in [1.29, 1.82) is 0 Å². The molecule has 1 aliphatic rings. The van der Waals surface area contributed by atoms with Crippen molar-refractivity contribution < 1.29 is 9.59 Å². The summed E-state index contributed by atoms with van der Waals surface area (Å²) in [6, 6.07) is 0. The van der Waals surface area contributed by atoms with E-state index in [9.17, 15) is 9.59 Å². The Morgan fingerprint density at radius 3 is 2.33 bits per heavy atom. The first-order valence-electron chi connectivity index (χ1n) is 5.71. The predicted octanol–water partition coefficient (Wildman–Crippen LogP) is 2.92. The van der Waals surface area contributed by atoms with Crippen LogP contribution in [0.2, 0.25) is 0 Å². The van der Waals surface area contributed by atoms with Gasteiger partial charge in [0.05, 0.1) is 5.92 Å². The van der Waals surface area contributed by atoms with Gasteiger partial charge in [0.2, 0.25) is 0 Å². The minimum absolute atomic E-state index is 0.157. The highest BCUT2D eigenvalue weighted by molar-refractivity contribution is 6.08. The lowest BCUT2D eigenvalue weighted by Crippen LogP contribution is -2.22. The standard InChI is InChI=1S/C13H20O2/c1-9(2)5-4-6-10(3)13-11(14)7-8-12(13)15/h5,10,13H,4,6-8H2,1-3H3. The maximum atomic E-state index is 11.5. The zero-order chi connectivity index (χ0) is 11.4. The van der Waals surface area contributed by atoms with Gasteiger partial charge in [0.15, 0.2) is 0 Å². The zero-order valence-corrected chi connectivity index (χ0v) is 9.88. The summed E-state index contributed by atoms with van der Waals surface area (Å²) in [6.45, 7) is 6.15. The molecule has 0 radical (unpaired) electrons. The smallest absolute Gasteiger partial charge is 0.144 e. The van der Waals surface area contributed by atoms with Gasteiger partial charge in [-0.15, -0.1) is 0 Å². The lowest BCUT2D eigenvalue weighted by Gasteiger charge is -2.15. The molecule has 2 nitrogen and oxygen atoms in total. The third-order valence-corrected chi connectivity index (χ3v) is 3.06. The van der Waals surface area contributed by atoms with Crippen LogP contribution in [-0.2, 0) is 9.59 Å². The summed E-state index contributed by atoms with van der Waals surface area (Å²) < 4.78 is 0. The molecule has 1 atom stereocenters. The van der Waals surface area contributed by atoms with Gasteiger partial charge in [-0.05, 0) is 32.6 Å². The normalized spacial score (nSPS) is 19.4. The second-order valence-electron chi connectivity index (χ2n) is 4.75. The molecule has 0 aromatic carbocycles. The third-order valence-electron chi connectivity index (χ3n) is 3.06. The topological polar surface area (TPSA) is 34.1 Å². The molecule has 1 aliphatic carbocycles. The van der Waals surface area contributed by atoms with E-state index in [0.29, 0.717) is 12.8 Å². The van der Waals surface area contributed by atoms with Gasteiger partial charge in [-0.25, -0.2) is 0 Å². The van der Waals surface area contributed by atoms with Crippen LogP contribution in [0.25, 0.3) is 0 Å². The lowest BCUT2D eigenvalue weighted by molar-refractivity contribution is -0.129. The number of Topliss-reactive ketones (excluding diaryl/α,β-unsaturated/α-hetero) is 2. The molecule has 0 spiro atoms. The number of rotatable bonds is 4. The summed E-state index contributed by atoms with van der Waals surface area (Å²) in [5.41, 5.74) is 1.30. The second kappa shape index (κ2) is 5.24. The van der Waals surface area contributed by atoms with E-state index in [1.165, 1.54) is 5.57 Å². The van der Waals surface area contributed by atoms with E-state index in [1.54, 1.807) is 0 Å².